The van der Waals surface area contributed by atoms with E-state index in [0.29, 0.717) is 38.4 Å². The summed E-state index contributed by atoms with van der Waals surface area (Å²) in [7, 11) is 1.86. The van der Waals surface area contributed by atoms with Gasteiger partial charge in [-0.15, -0.1) is 0 Å². The summed E-state index contributed by atoms with van der Waals surface area (Å²) < 4.78 is 37.5. The average Bonchev–Trinajstić information content (AvgIpc) is 3.54. The van der Waals surface area contributed by atoms with Crippen molar-refractivity contribution in [1.29, 1.82) is 0 Å². The maximum absolute atomic E-state index is 13.8. The molecule has 1 saturated heterocycles. The van der Waals surface area contributed by atoms with Crippen LogP contribution in [-0.4, -0.2) is 49.4 Å². The van der Waals surface area contributed by atoms with Gasteiger partial charge in [0.1, 0.15) is 18.2 Å². The summed E-state index contributed by atoms with van der Waals surface area (Å²) in [6.07, 6.45) is 4.85. The molecule has 1 N–H and O–H groups in total. The number of carboxylic acid groups (broad SMARTS) is 1. The predicted molar refractivity (Wildman–Crippen MR) is 152 cm³/mol. The Bertz CT molecular complexity index is 1540. The van der Waals surface area contributed by atoms with Crippen LogP contribution in [0.25, 0.3) is 11.0 Å². The van der Waals surface area contributed by atoms with Crippen molar-refractivity contribution in [2.24, 2.45) is 13.0 Å². The Morgan fingerprint density at radius 2 is 1.90 bits per heavy atom. The number of imidazole rings is 1. The van der Waals surface area contributed by atoms with Crippen LogP contribution in [0, 0.1) is 5.92 Å². The van der Waals surface area contributed by atoms with Crippen LogP contribution < -0.4 is 9.64 Å². The first-order valence-corrected chi connectivity index (χ1v) is 14.3. The minimum atomic E-state index is -2.60. The summed E-state index contributed by atoms with van der Waals surface area (Å²) in [5, 5.41) is 14.4. The molecule has 1 aliphatic heterocycles. The first-order valence-electron chi connectivity index (χ1n) is 14.3. The number of benzene rings is 2. The van der Waals surface area contributed by atoms with Gasteiger partial charge in [-0.3, -0.25) is 9.48 Å². The third-order valence-corrected chi connectivity index (χ3v) is 8.43. The highest BCUT2D eigenvalue weighted by atomic mass is 19.3. The molecule has 3 heterocycles. The van der Waals surface area contributed by atoms with Gasteiger partial charge in [0.05, 0.1) is 22.6 Å². The number of nitrogens with zero attached hydrogens (tertiary/aromatic N) is 5. The van der Waals surface area contributed by atoms with E-state index in [0.717, 1.165) is 53.1 Å². The van der Waals surface area contributed by atoms with Crippen molar-refractivity contribution >= 4 is 22.7 Å². The smallest absolute Gasteiger partial charge is 0.307 e. The minimum absolute atomic E-state index is 0.146. The third-order valence-electron chi connectivity index (χ3n) is 8.43. The van der Waals surface area contributed by atoms with Gasteiger partial charge in [0, 0.05) is 63.4 Å². The van der Waals surface area contributed by atoms with Gasteiger partial charge in [0.2, 0.25) is 0 Å². The van der Waals surface area contributed by atoms with Crippen molar-refractivity contribution in [2.75, 3.05) is 18.0 Å². The van der Waals surface area contributed by atoms with Crippen LogP contribution in [0.2, 0.25) is 0 Å². The predicted octanol–water partition coefficient (Wildman–Crippen LogP) is 5.99. The van der Waals surface area contributed by atoms with E-state index in [2.05, 4.69) is 15.7 Å². The Balaban J connectivity index is 1.35. The standard InChI is InChI=1S/C31H35F2N5O3/c1-36-14-11-22(35-36)20-41-24-9-10-27-28(18-24)38(29(34-27)25-7-2-3-8-26(25)30(39)40)19-21-5-4-6-23(17-21)37-15-12-31(32,33)13-16-37/h4-6,9-11,14,17-18,25-26H,2-3,7-8,12-13,15-16,19-20H2,1H3,(H,39,40)/t25-,26?/m0/s1. The average molecular weight is 564 g/mol. The Morgan fingerprint density at radius 3 is 2.66 bits per heavy atom. The lowest BCUT2D eigenvalue weighted by atomic mass is 9.78. The summed E-state index contributed by atoms with van der Waals surface area (Å²) in [4.78, 5) is 19.2. The second-order valence-electron chi connectivity index (χ2n) is 11.3. The molecule has 41 heavy (non-hydrogen) atoms. The van der Waals surface area contributed by atoms with Crippen LogP contribution in [-0.2, 0) is 25.0 Å². The van der Waals surface area contributed by atoms with Crippen molar-refractivity contribution in [2.45, 2.75) is 63.5 Å². The highest BCUT2D eigenvalue weighted by Crippen LogP contribution is 2.40. The van der Waals surface area contributed by atoms with E-state index >= 15 is 0 Å². The number of anilines is 1. The molecule has 2 aromatic carbocycles. The van der Waals surface area contributed by atoms with Gasteiger partial charge in [0.15, 0.2) is 0 Å². The maximum atomic E-state index is 13.8. The van der Waals surface area contributed by atoms with E-state index in [1.807, 2.05) is 60.6 Å². The molecule has 1 saturated carbocycles. The number of alkyl halides is 2. The number of piperidine rings is 1. The van der Waals surface area contributed by atoms with Crippen LogP contribution in [0.3, 0.4) is 0 Å². The minimum Gasteiger partial charge on any atom is -0.487 e. The number of hydrogen-bond donors (Lipinski definition) is 1. The van der Waals surface area contributed by atoms with Crippen LogP contribution in [0.1, 0.15) is 61.5 Å². The molecule has 0 radical (unpaired) electrons. The van der Waals surface area contributed by atoms with Crippen molar-refractivity contribution in [3.8, 4) is 5.75 Å². The van der Waals surface area contributed by atoms with Gasteiger partial charge in [-0.25, -0.2) is 13.8 Å². The normalized spacial score (nSPS) is 20.8. The number of hydrogen-bond acceptors (Lipinski definition) is 5. The van der Waals surface area contributed by atoms with Crippen molar-refractivity contribution in [1.82, 2.24) is 19.3 Å². The topological polar surface area (TPSA) is 85.4 Å². The van der Waals surface area contributed by atoms with Crippen molar-refractivity contribution in [3.63, 3.8) is 0 Å². The van der Waals surface area contributed by atoms with E-state index in [9.17, 15) is 18.7 Å². The van der Waals surface area contributed by atoms with Crippen LogP contribution in [0.15, 0.2) is 54.7 Å². The quantitative estimate of drug-likeness (QED) is 0.284. The molecule has 216 valence electrons. The number of carboxylic acids is 1. The van der Waals surface area contributed by atoms with E-state index in [1.165, 1.54) is 0 Å². The number of halogens is 2. The molecule has 2 fully saturated rings. The lowest BCUT2D eigenvalue weighted by Gasteiger charge is -2.33. The fraction of sp³-hybridized carbons (Fsp3) is 0.452. The Kier molecular flexibility index (Phi) is 7.40. The molecule has 0 bridgehead atoms. The molecule has 0 amide bonds. The highest BCUT2D eigenvalue weighted by Gasteiger charge is 2.36. The Labute approximate surface area is 237 Å². The molecule has 2 atom stereocenters. The monoisotopic (exact) mass is 563 g/mol. The fourth-order valence-corrected chi connectivity index (χ4v) is 6.22. The molecule has 2 aromatic heterocycles. The number of aryl methyl sites for hydroxylation is 1. The summed E-state index contributed by atoms with van der Waals surface area (Å²) in [5.41, 5.74) is 4.40. The Hall–Kier alpha value is -3.95. The number of ether oxygens (including phenoxy) is 1. The lowest BCUT2D eigenvalue weighted by molar-refractivity contribution is -0.143. The summed E-state index contributed by atoms with van der Waals surface area (Å²) in [6.45, 7) is 1.44. The number of fused-ring (bicyclic) bond motifs is 1. The van der Waals surface area contributed by atoms with Gasteiger partial charge in [-0.1, -0.05) is 25.0 Å². The summed E-state index contributed by atoms with van der Waals surface area (Å²) in [6, 6.07) is 15.7. The second-order valence-corrected chi connectivity index (χ2v) is 11.3. The van der Waals surface area contributed by atoms with Gasteiger partial charge in [-0.2, -0.15) is 5.10 Å². The van der Waals surface area contributed by atoms with Gasteiger partial charge in [0.25, 0.3) is 5.92 Å². The molecule has 10 heteroatoms. The molecule has 2 aliphatic rings. The lowest BCUT2D eigenvalue weighted by Crippen LogP contribution is -2.39. The zero-order chi connectivity index (χ0) is 28.6. The molecule has 8 nitrogen and oxygen atoms in total. The molecule has 4 aromatic rings. The zero-order valence-electron chi connectivity index (χ0n) is 23.2. The summed E-state index contributed by atoms with van der Waals surface area (Å²) in [5.74, 6) is -2.61. The van der Waals surface area contributed by atoms with E-state index < -0.39 is 17.8 Å². The SMILES string of the molecule is Cn1ccc(COc2ccc3nc([C@H]4CCCCC4C(=O)O)n(Cc4cccc(N5CCC(F)(F)CC5)c4)c3c2)n1. The summed E-state index contributed by atoms with van der Waals surface area (Å²) >= 11 is 0. The van der Waals surface area contributed by atoms with Crippen molar-refractivity contribution < 1.29 is 23.4 Å². The van der Waals surface area contributed by atoms with Gasteiger partial charge >= 0.3 is 5.97 Å². The maximum Gasteiger partial charge on any atom is 0.307 e. The first kappa shape index (κ1) is 27.2. The molecule has 6 rings (SSSR count). The molecular weight excluding hydrogens is 528 g/mol. The molecule has 1 aliphatic carbocycles. The third kappa shape index (κ3) is 5.92. The largest absolute Gasteiger partial charge is 0.487 e. The fourth-order valence-electron chi connectivity index (χ4n) is 6.22. The molecule has 0 spiro atoms. The highest BCUT2D eigenvalue weighted by molar-refractivity contribution is 5.79. The number of carbonyl (C=O) groups is 1. The number of aliphatic carboxylic acids is 1. The first-order chi connectivity index (χ1) is 19.8. The van der Waals surface area contributed by atoms with Crippen molar-refractivity contribution in [3.05, 3.63) is 71.8 Å². The Morgan fingerprint density at radius 1 is 1.10 bits per heavy atom. The van der Waals surface area contributed by atoms with Crippen LogP contribution in [0.4, 0.5) is 14.5 Å². The number of rotatable bonds is 8. The van der Waals surface area contributed by atoms with E-state index in [-0.39, 0.29) is 18.8 Å². The zero-order valence-corrected chi connectivity index (χ0v) is 23.2. The number of aromatic nitrogens is 4. The van der Waals surface area contributed by atoms with Crippen LogP contribution in [0.5, 0.6) is 5.75 Å². The second kappa shape index (κ2) is 11.1. The van der Waals surface area contributed by atoms with E-state index in [1.54, 1.807) is 4.68 Å². The molecular formula is C31H35F2N5O3. The van der Waals surface area contributed by atoms with E-state index in [4.69, 9.17) is 9.72 Å². The molecule has 1 unspecified atom stereocenters. The van der Waals surface area contributed by atoms with Gasteiger partial charge < -0.3 is 19.3 Å². The van der Waals surface area contributed by atoms with Crippen LogP contribution >= 0.6 is 0 Å². The van der Waals surface area contributed by atoms with Gasteiger partial charge in [-0.05, 0) is 48.7 Å².